The Morgan fingerprint density at radius 1 is 1.28 bits per heavy atom. The smallest absolute Gasteiger partial charge is 0.227 e. The van der Waals surface area contributed by atoms with Crippen molar-refractivity contribution in [2.24, 2.45) is 5.92 Å². The van der Waals surface area contributed by atoms with Crippen LogP contribution < -0.4 is 10.2 Å². The van der Waals surface area contributed by atoms with E-state index < -0.39 is 0 Å². The van der Waals surface area contributed by atoms with Crippen LogP contribution in [0.4, 0.5) is 17.6 Å². The van der Waals surface area contributed by atoms with E-state index in [9.17, 15) is 0 Å². The highest BCUT2D eigenvalue weighted by molar-refractivity contribution is 5.53. The molecule has 1 saturated carbocycles. The van der Waals surface area contributed by atoms with E-state index in [2.05, 4.69) is 50.3 Å². The Labute approximate surface area is 148 Å². The molecule has 7 heteroatoms. The van der Waals surface area contributed by atoms with Crippen LogP contribution in [0.3, 0.4) is 0 Å². The van der Waals surface area contributed by atoms with Crippen molar-refractivity contribution in [3.05, 3.63) is 24.0 Å². The Balaban J connectivity index is 1.44. The minimum Gasteiger partial charge on any atom is -0.378 e. The summed E-state index contributed by atoms with van der Waals surface area (Å²) in [6, 6.07) is 3.95. The summed E-state index contributed by atoms with van der Waals surface area (Å²) in [6.07, 6.45) is 5.40. The van der Waals surface area contributed by atoms with Gasteiger partial charge >= 0.3 is 0 Å². The summed E-state index contributed by atoms with van der Waals surface area (Å²) in [7, 11) is 1.78. The van der Waals surface area contributed by atoms with E-state index in [1.54, 1.807) is 13.3 Å². The number of aromatic nitrogens is 4. The minimum absolute atomic E-state index is 0.126. The molecule has 2 aromatic heterocycles. The lowest BCUT2D eigenvalue weighted by molar-refractivity contribution is -0.0206. The van der Waals surface area contributed by atoms with Crippen LogP contribution in [0.1, 0.15) is 44.7 Å². The van der Waals surface area contributed by atoms with Crippen molar-refractivity contribution in [1.82, 2.24) is 20.2 Å². The number of hydrogen-bond acceptors (Lipinski definition) is 6. The fourth-order valence-corrected chi connectivity index (χ4v) is 3.38. The third-order valence-electron chi connectivity index (χ3n) is 5.49. The number of nitrogens with one attached hydrogen (secondary N) is 2. The van der Waals surface area contributed by atoms with Gasteiger partial charge in [0, 0.05) is 50.0 Å². The molecule has 134 valence electrons. The minimum atomic E-state index is -0.126. The molecule has 2 aliphatic rings. The van der Waals surface area contributed by atoms with Gasteiger partial charge in [0.15, 0.2) is 5.82 Å². The Hall–Kier alpha value is -2.15. The van der Waals surface area contributed by atoms with Crippen molar-refractivity contribution in [2.45, 2.75) is 44.6 Å². The van der Waals surface area contributed by atoms with Gasteiger partial charge in [-0.25, -0.2) is 4.98 Å². The van der Waals surface area contributed by atoms with E-state index in [1.165, 1.54) is 18.5 Å². The number of nitrogens with zero attached hydrogens (tertiary/aromatic N) is 4. The molecule has 3 heterocycles. The monoisotopic (exact) mass is 342 g/mol. The van der Waals surface area contributed by atoms with E-state index in [1.807, 2.05) is 6.07 Å². The third-order valence-corrected chi connectivity index (χ3v) is 5.49. The van der Waals surface area contributed by atoms with Crippen LogP contribution in [0.25, 0.3) is 0 Å². The Morgan fingerprint density at radius 3 is 2.88 bits per heavy atom. The first-order chi connectivity index (χ1) is 12.0. The van der Waals surface area contributed by atoms with E-state index in [4.69, 9.17) is 4.74 Å². The first kappa shape index (κ1) is 16.3. The molecule has 1 atom stereocenters. The zero-order valence-electron chi connectivity index (χ0n) is 15.1. The molecular formula is C18H26N6O. The molecule has 2 N–H and O–H groups in total. The van der Waals surface area contributed by atoms with Crippen LogP contribution >= 0.6 is 0 Å². The molecule has 4 rings (SSSR count). The van der Waals surface area contributed by atoms with Gasteiger partial charge in [0.2, 0.25) is 5.95 Å². The second-order valence-corrected chi connectivity index (χ2v) is 7.59. The average Bonchev–Trinajstić information content (AvgIpc) is 3.15. The number of hydrogen-bond donors (Lipinski definition) is 2. The third kappa shape index (κ3) is 3.46. The maximum absolute atomic E-state index is 5.64. The number of anilines is 3. The predicted molar refractivity (Wildman–Crippen MR) is 97.3 cm³/mol. The lowest BCUT2D eigenvalue weighted by atomic mass is 9.90. The molecule has 0 unspecified atom stereocenters. The largest absolute Gasteiger partial charge is 0.378 e. The predicted octanol–water partition coefficient (Wildman–Crippen LogP) is 3.07. The normalized spacial score (nSPS) is 20.9. The molecule has 0 amide bonds. The van der Waals surface area contributed by atoms with Crippen LogP contribution in [0, 0.1) is 5.92 Å². The van der Waals surface area contributed by atoms with Crippen LogP contribution in [-0.2, 0) is 4.74 Å². The fraction of sp³-hybridized carbons (Fsp3) is 0.611. The van der Waals surface area contributed by atoms with Crippen molar-refractivity contribution < 1.29 is 4.74 Å². The van der Waals surface area contributed by atoms with E-state index in [0.29, 0.717) is 11.8 Å². The second-order valence-electron chi connectivity index (χ2n) is 7.59. The lowest BCUT2D eigenvalue weighted by Gasteiger charge is -2.30. The van der Waals surface area contributed by atoms with Gasteiger partial charge in [0.05, 0.1) is 5.60 Å². The molecule has 0 radical (unpaired) electrons. The standard InChI is InChI=1S/C18H26N6O/c1-18(2,25-3)13-7-9-24(11-13)17-19-8-6-15(21-17)20-16-10-14(22-23-16)12-4-5-12/h6,8,10,12-13H,4-5,7,9,11H2,1-3H3,(H2,19,20,21,22,23)/t13-/m1/s1. The maximum atomic E-state index is 5.64. The van der Waals surface area contributed by atoms with Gasteiger partial charge < -0.3 is 15.0 Å². The first-order valence-electron chi connectivity index (χ1n) is 9.00. The van der Waals surface area contributed by atoms with Gasteiger partial charge in [-0.1, -0.05) is 0 Å². The molecular weight excluding hydrogens is 316 g/mol. The number of aromatic amines is 1. The number of rotatable bonds is 6. The van der Waals surface area contributed by atoms with Crippen LogP contribution in [0.5, 0.6) is 0 Å². The first-order valence-corrected chi connectivity index (χ1v) is 9.00. The molecule has 1 aliphatic carbocycles. The topological polar surface area (TPSA) is 79.0 Å². The number of methoxy groups -OCH3 is 1. The summed E-state index contributed by atoms with van der Waals surface area (Å²) < 4.78 is 5.64. The molecule has 2 fully saturated rings. The average molecular weight is 342 g/mol. The summed E-state index contributed by atoms with van der Waals surface area (Å²) in [4.78, 5) is 11.4. The molecule has 0 bridgehead atoms. The van der Waals surface area contributed by atoms with Crippen LogP contribution in [0.2, 0.25) is 0 Å². The van der Waals surface area contributed by atoms with E-state index in [0.717, 1.165) is 37.1 Å². The van der Waals surface area contributed by atoms with Gasteiger partial charge in [-0.05, 0) is 39.2 Å². The summed E-state index contributed by atoms with van der Waals surface area (Å²) >= 11 is 0. The molecule has 1 aliphatic heterocycles. The zero-order valence-corrected chi connectivity index (χ0v) is 15.1. The fourth-order valence-electron chi connectivity index (χ4n) is 3.38. The van der Waals surface area contributed by atoms with Crippen molar-refractivity contribution >= 4 is 17.6 Å². The van der Waals surface area contributed by atoms with Gasteiger partial charge in [0.1, 0.15) is 5.82 Å². The van der Waals surface area contributed by atoms with E-state index in [-0.39, 0.29) is 5.60 Å². The molecule has 0 aromatic carbocycles. The highest BCUT2D eigenvalue weighted by Crippen LogP contribution is 2.39. The quantitative estimate of drug-likeness (QED) is 0.840. The van der Waals surface area contributed by atoms with Crippen LogP contribution in [-0.4, -0.2) is 46.0 Å². The molecule has 1 saturated heterocycles. The summed E-state index contributed by atoms with van der Waals surface area (Å²) in [6.45, 7) is 6.16. The Kier molecular flexibility index (Phi) is 4.11. The maximum Gasteiger partial charge on any atom is 0.227 e. The highest BCUT2D eigenvalue weighted by atomic mass is 16.5. The second kappa shape index (κ2) is 6.29. The summed E-state index contributed by atoms with van der Waals surface area (Å²) in [5, 5.41) is 10.7. The number of ether oxygens (including phenoxy) is 1. The lowest BCUT2D eigenvalue weighted by Crippen LogP contribution is -2.35. The van der Waals surface area contributed by atoms with Gasteiger partial charge in [-0.3, -0.25) is 5.10 Å². The Morgan fingerprint density at radius 2 is 2.12 bits per heavy atom. The van der Waals surface area contributed by atoms with Gasteiger partial charge in [-0.2, -0.15) is 10.1 Å². The highest BCUT2D eigenvalue weighted by Gasteiger charge is 2.36. The number of H-pyrrole nitrogens is 1. The van der Waals surface area contributed by atoms with Gasteiger partial charge in [0.25, 0.3) is 0 Å². The van der Waals surface area contributed by atoms with E-state index >= 15 is 0 Å². The van der Waals surface area contributed by atoms with Crippen molar-refractivity contribution in [3.63, 3.8) is 0 Å². The molecule has 25 heavy (non-hydrogen) atoms. The van der Waals surface area contributed by atoms with Gasteiger partial charge in [-0.15, -0.1) is 0 Å². The summed E-state index contributed by atoms with van der Waals surface area (Å²) in [5.74, 6) is 3.48. The molecule has 7 nitrogen and oxygen atoms in total. The van der Waals surface area contributed by atoms with Crippen molar-refractivity contribution in [2.75, 3.05) is 30.4 Å². The molecule has 0 spiro atoms. The Bertz CT molecular complexity index is 739. The van der Waals surface area contributed by atoms with Crippen molar-refractivity contribution in [3.8, 4) is 0 Å². The molecule has 2 aromatic rings. The van der Waals surface area contributed by atoms with Crippen LogP contribution in [0.15, 0.2) is 18.3 Å². The van der Waals surface area contributed by atoms with Crippen molar-refractivity contribution in [1.29, 1.82) is 0 Å². The SMILES string of the molecule is COC(C)(C)[C@@H]1CCN(c2nccc(Nc3cc(C4CC4)[nH]n3)n2)C1. The summed E-state index contributed by atoms with van der Waals surface area (Å²) in [5.41, 5.74) is 1.08. The zero-order chi connectivity index (χ0) is 17.4.